The van der Waals surface area contributed by atoms with Crippen LogP contribution in [0.3, 0.4) is 0 Å². The van der Waals surface area contributed by atoms with Crippen LogP contribution in [0.2, 0.25) is 0 Å². The molecule has 3 rings (SSSR count). The number of hydrogen-bond acceptors (Lipinski definition) is 7. The Morgan fingerprint density at radius 1 is 0.935 bits per heavy atom. The molecule has 0 aliphatic rings. The van der Waals surface area contributed by atoms with Gasteiger partial charge in [0.15, 0.2) is 0 Å². The number of aryl methyl sites for hydroxylation is 2. The SMILES string of the molecule is COC(=O)CN(c1ccc(OC)cc1)S(=O)(=O)c1ccc2c(c1)n(C)c(=O)c(=O)n2C. The van der Waals surface area contributed by atoms with E-state index in [9.17, 15) is 22.8 Å². The number of carbonyl (C=O) groups excluding carboxylic acids is 1. The number of sulfonamides is 1. The average molecular weight is 447 g/mol. The molecule has 2 aromatic carbocycles. The minimum atomic E-state index is -4.23. The highest BCUT2D eigenvalue weighted by atomic mass is 32.2. The molecule has 31 heavy (non-hydrogen) atoms. The molecule has 1 aromatic heterocycles. The molecule has 0 bridgehead atoms. The van der Waals surface area contributed by atoms with Gasteiger partial charge >= 0.3 is 17.1 Å². The zero-order chi connectivity index (χ0) is 22.9. The summed E-state index contributed by atoms with van der Waals surface area (Å²) in [4.78, 5) is 36.0. The van der Waals surface area contributed by atoms with Gasteiger partial charge in [0.1, 0.15) is 12.3 Å². The molecular formula is C20H21N3O7S. The van der Waals surface area contributed by atoms with Crippen LogP contribution in [-0.4, -0.2) is 44.3 Å². The molecule has 0 N–H and O–H groups in total. The van der Waals surface area contributed by atoms with Crippen molar-refractivity contribution in [3.8, 4) is 5.75 Å². The summed E-state index contributed by atoms with van der Waals surface area (Å²) in [7, 11) is 1.22. The molecular weight excluding hydrogens is 426 g/mol. The quantitative estimate of drug-likeness (QED) is 0.401. The van der Waals surface area contributed by atoms with Gasteiger partial charge < -0.3 is 18.6 Å². The molecule has 3 aromatic rings. The van der Waals surface area contributed by atoms with Crippen LogP contribution < -0.4 is 20.2 Å². The fourth-order valence-corrected chi connectivity index (χ4v) is 4.52. The van der Waals surface area contributed by atoms with E-state index < -0.39 is 33.7 Å². The maximum atomic E-state index is 13.5. The molecule has 11 heteroatoms. The second-order valence-corrected chi connectivity index (χ2v) is 8.53. The Bertz CT molecular complexity index is 1370. The van der Waals surface area contributed by atoms with Gasteiger partial charge in [-0.3, -0.25) is 18.7 Å². The number of aromatic nitrogens is 2. The van der Waals surface area contributed by atoms with Crippen LogP contribution in [-0.2, 0) is 33.7 Å². The van der Waals surface area contributed by atoms with Gasteiger partial charge in [-0.2, -0.15) is 0 Å². The predicted octanol–water partition coefficient (Wildman–Crippen LogP) is 0.614. The summed E-state index contributed by atoms with van der Waals surface area (Å²) in [6, 6.07) is 10.2. The van der Waals surface area contributed by atoms with Gasteiger partial charge in [-0.25, -0.2) is 8.42 Å². The molecule has 0 amide bonds. The van der Waals surface area contributed by atoms with Crippen molar-refractivity contribution in [3.63, 3.8) is 0 Å². The van der Waals surface area contributed by atoms with E-state index in [4.69, 9.17) is 4.74 Å². The molecule has 10 nitrogen and oxygen atoms in total. The van der Waals surface area contributed by atoms with Crippen LogP contribution in [0.25, 0.3) is 11.0 Å². The van der Waals surface area contributed by atoms with Crippen molar-refractivity contribution in [2.24, 2.45) is 14.1 Å². The van der Waals surface area contributed by atoms with Gasteiger partial charge in [-0.15, -0.1) is 0 Å². The van der Waals surface area contributed by atoms with Crippen molar-refractivity contribution >= 4 is 32.7 Å². The molecule has 164 valence electrons. The Morgan fingerprint density at radius 2 is 1.52 bits per heavy atom. The first kappa shape index (κ1) is 22.1. The van der Waals surface area contributed by atoms with Gasteiger partial charge in [0.2, 0.25) is 0 Å². The van der Waals surface area contributed by atoms with Crippen LogP contribution in [0.1, 0.15) is 0 Å². The Hall–Kier alpha value is -3.60. The number of hydrogen-bond donors (Lipinski definition) is 0. The van der Waals surface area contributed by atoms with Gasteiger partial charge in [-0.05, 0) is 42.5 Å². The topological polar surface area (TPSA) is 117 Å². The van der Waals surface area contributed by atoms with Crippen molar-refractivity contribution in [1.29, 1.82) is 0 Å². The van der Waals surface area contributed by atoms with Crippen LogP contribution in [0.15, 0.2) is 56.9 Å². The van der Waals surface area contributed by atoms with E-state index in [2.05, 4.69) is 4.74 Å². The average Bonchev–Trinajstić information content (AvgIpc) is 2.79. The van der Waals surface area contributed by atoms with E-state index in [1.54, 1.807) is 12.1 Å². The van der Waals surface area contributed by atoms with Crippen LogP contribution in [0, 0.1) is 0 Å². The molecule has 0 spiro atoms. The largest absolute Gasteiger partial charge is 0.497 e. The highest BCUT2D eigenvalue weighted by Crippen LogP contribution is 2.27. The Balaban J connectivity index is 2.21. The number of ether oxygens (including phenoxy) is 2. The smallest absolute Gasteiger partial charge is 0.326 e. The Kier molecular flexibility index (Phi) is 5.89. The third-order valence-corrected chi connectivity index (χ3v) is 6.68. The Morgan fingerprint density at radius 3 is 2.06 bits per heavy atom. The summed E-state index contributed by atoms with van der Waals surface area (Å²) in [5.74, 6) is -0.240. The Labute approximate surface area is 177 Å². The zero-order valence-corrected chi connectivity index (χ0v) is 18.2. The normalized spacial score (nSPS) is 11.4. The summed E-state index contributed by atoms with van der Waals surface area (Å²) >= 11 is 0. The van der Waals surface area contributed by atoms with E-state index in [1.165, 1.54) is 51.5 Å². The van der Waals surface area contributed by atoms with Gasteiger partial charge in [-0.1, -0.05) is 0 Å². The van der Waals surface area contributed by atoms with Crippen molar-refractivity contribution < 1.29 is 22.7 Å². The van der Waals surface area contributed by atoms with Crippen molar-refractivity contribution in [2.75, 3.05) is 25.1 Å². The maximum absolute atomic E-state index is 13.5. The predicted molar refractivity (Wildman–Crippen MR) is 114 cm³/mol. The summed E-state index contributed by atoms with van der Waals surface area (Å²) in [5, 5.41) is 0. The molecule has 0 fully saturated rings. The van der Waals surface area contributed by atoms with Crippen LogP contribution in [0.5, 0.6) is 5.75 Å². The molecule has 0 aliphatic carbocycles. The number of methoxy groups -OCH3 is 2. The van der Waals surface area contributed by atoms with E-state index in [0.29, 0.717) is 11.3 Å². The number of esters is 1. The standard InChI is InChI=1S/C20H21N3O7S/c1-21-16-10-9-15(11-17(16)22(2)20(26)19(21)25)31(27,28)23(12-18(24)30-4)13-5-7-14(29-3)8-6-13/h5-11H,12H2,1-4H3. The second-order valence-electron chi connectivity index (χ2n) is 6.66. The van der Waals surface area contributed by atoms with Crippen molar-refractivity contribution in [1.82, 2.24) is 9.13 Å². The lowest BCUT2D eigenvalue weighted by molar-refractivity contribution is -0.138. The summed E-state index contributed by atoms with van der Waals surface area (Å²) in [6.45, 7) is -0.560. The third kappa shape index (κ3) is 3.91. The second kappa shape index (κ2) is 8.26. The summed E-state index contributed by atoms with van der Waals surface area (Å²) in [5.41, 5.74) is -0.654. The molecule has 0 unspecified atom stereocenters. The summed E-state index contributed by atoms with van der Waals surface area (Å²) in [6.07, 6.45) is 0. The molecule has 1 heterocycles. The maximum Gasteiger partial charge on any atom is 0.326 e. The monoisotopic (exact) mass is 447 g/mol. The van der Waals surface area contributed by atoms with Gasteiger partial charge in [0, 0.05) is 14.1 Å². The lowest BCUT2D eigenvalue weighted by atomic mass is 10.3. The number of rotatable bonds is 6. The highest BCUT2D eigenvalue weighted by molar-refractivity contribution is 7.92. The minimum Gasteiger partial charge on any atom is -0.497 e. The molecule has 0 atom stereocenters. The number of benzene rings is 2. The minimum absolute atomic E-state index is 0.159. The van der Waals surface area contributed by atoms with Gasteiger partial charge in [0.05, 0.1) is 35.8 Å². The van der Waals surface area contributed by atoms with Crippen molar-refractivity contribution in [2.45, 2.75) is 4.90 Å². The van der Waals surface area contributed by atoms with E-state index in [1.807, 2.05) is 0 Å². The molecule has 0 saturated carbocycles. The van der Waals surface area contributed by atoms with Gasteiger partial charge in [0.25, 0.3) is 10.0 Å². The highest BCUT2D eigenvalue weighted by Gasteiger charge is 2.28. The van der Waals surface area contributed by atoms with Crippen LogP contribution in [0.4, 0.5) is 5.69 Å². The molecule has 0 aliphatic heterocycles. The fourth-order valence-electron chi connectivity index (χ4n) is 3.09. The number of carbonyl (C=O) groups is 1. The van der Waals surface area contributed by atoms with Crippen LogP contribution >= 0.6 is 0 Å². The first-order chi connectivity index (χ1) is 14.6. The van der Waals surface area contributed by atoms with E-state index >= 15 is 0 Å². The third-order valence-electron chi connectivity index (χ3n) is 4.91. The number of anilines is 1. The number of fused-ring (bicyclic) bond motifs is 1. The lowest BCUT2D eigenvalue weighted by Gasteiger charge is -2.24. The fraction of sp³-hybridized carbons (Fsp3) is 0.250. The van der Waals surface area contributed by atoms with E-state index in [-0.39, 0.29) is 16.1 Å². The first-order valence-electron chi connectivity index (χ1n) is 9.05. The van der Waals surface area contributed by atoms with Crippen molar-refractivity contribution in [3.05, 3.63) is 63.2 Å². The number of nitrogens with zero attached hydrogens (tertiary/aromatic N) is 3. The first-order valence-corrected chi connectivity index (χ1v) is 10.5. The molecule has 0 saturated heterocycles. The van der Waals surface area contributed by atoms with E-state index in [0.717, 1.165) is 20.5 Å². The lowest BCUT2D eigenvalue weighted by Crippen LogP contribution is -2.39. The zero-order valence-electron chi connectivity index (χ0n) is 17.4. The molecule has 0 radical (unpaired) electrons. The summed E-state index contributed by atoms with van der Waals surface area (Å²) < 4.78 is 39.8.